The van der Waals surface area contributed by atoms with Crippen molar-refractivity contribution in [3.05, 3.63) is 11.9 Å². The van der Waals surface area contributed by atoms with Crippen LogP contribution in [0, 0.1) is 0 Å². The van der Waals surface area contributed by atoms with Crippen LogP contribution in [0.4, 0.5) is 0 Å². The highest BCUT2D eigenvalue weighted by Gasteiger charge is 2.20. The molecule has 2 rings (SSSR count). The highest BCUT2D eigenvalue weighted by atomic mass is 16.6. The second kappa shape index (κ2) is 3.53. The van der Waals surface area contributed by atoms with Crippen LogP contribution in [0.1, 0.15) is 10.5 Å². The van der Waals surface area contributed by atoms with Gasteiger partial charge >= 0.3 is 0 Å². The Morgan fingerprint density at radius 3 is 2.85 bits per heavy atom. The van der Waals surface area contributed by atoms with Crippen molar-refractivity contribution < 1.29 is 14.2 Å². The van der Waals surface area contributed by atoms with Crippen LogP contribution in [-0.2, 0) is 4.74 Å². The van der Waals surface area contributed by atoms with Crippen LogP contribution in [0.5, 0.6) is 0 Å². The van der Waals surface area contributed by atoms with E-state index in [4.69, 9.17) is 4.74 Å². The van der Waals surface area contributed by atoms with E-state index >= 15 is 0 Å². The normalized spacial score (nSPS) is 17.4. The zero-order valence-electron chi connectivity index (χ0n) is 6.97. The minimum atomic E-state index is -0.149. The van der Waals surface area contributed by atoms with Gasteiger partial charge in [0.15, 0.2) is 5.69 Å². The number of amides is 1. The third-order valence-corrected chi connectivity index (χ3v) is 1.88. The monoisotopic (exact) mass is 183 g/mol. The summed E-state index contributed by atoms with van der Waals surface area (Å²) in [7, 11) is 0. The van der Waals surface area contributed by atoms with Crippen LogP contribution >= 0.6 is 0 Å². The van der Waals surface area contributed by atoms with Gasteiger partial charge in [-0.2, -0.15) is 0 Å². The number of carbonyl (C=O) groups excluding carboxylic acids is 1. The first-order valence-electron chi connectivity index (χ1n) is 4.02. The third-order valence-electron chi connectivity index (χ3n) is 1.88. The summed E-state index contributed by atoms with van der Waals surface area (Å²) in [5, 5.41) is 6.85. The molecule has 0 N–H and O–H groups in total. The van der Waals surface area contributed by atoms with Gasteiger partial charge in [0.2, 0.25) is 0 Å². The van der Waals surface area contributed by atoms with Gasteiger partial charge in [-0.25, -0.2) is 4.63 Å². The molecule has 0 bridgehead atoms. The van der Waals surface area contributed by atoms with E-state index in [-0.39, 0.29) is 11.6 Å². The second-order valence-corrected chi connectivity index (χ2v) is 2.70. The van der Waals surface area contributed by atoms with Gasteiger partial charge in [-0.3, -0.25) is 4.79 Å². The Balaban J connectivity index is 2.04. The van der Waals surface area contributed by atoms with Crippen molar-refractivity contribution in [2.75, 3.05) is 26.3 Å². The number of hydrogen-bond acceptors (Lipinski definition) is 5. The Kier molecular flexibility index (Phi) is 2.22. The minimum Gasteiger partial charge on any atom is -0.378 e. The molecular weight excluding hydrogens is 174 g/mol. The summed E-state index contributed by atoms with van der Waals surface area (Å²) in [6.07, 6.45) is 1.32. The lowest BCUT2D eigenvalue weighted by atomic mass is 10.3. The topological polar surface area (TPSA) is 68.5 Å². The number of hydrogen-bond donors (Lipinski definition) is 0. The quantitative estimate of drug-likeness (QED) is 0.589. The Hall–Kier alpha value is -1.43. The summed E-state index contributed by atoms with van der Waals surface area (Å²) >= 11 is 0. The first-order valence-corrected chi connectivity index (χ1v) is 4.02. The summed E-state index contributed by atoms with van der Waals surface area (Å²) in [4.78, 5) is 13.2. The largest absolute Gasteiger partial charge is 0.378 e. The predicted molar refractivity (Wildman–Crippen MR) is 41.0 cm³/mol. The fourth-order valence-electron chi connectivity index (χ4n) is 1.19. The Labute approximate surface area is 74.4 Å². The number of ether oxygens (including phenoxy) is 1. The lowest BCUT2D eigenvalue weighted by molar-refractivity contribution is 0.0296. The summed E-state index contributed by atoms with van der Waals surface area (Å²) in [6, 6.07) is 0. The van der Waals surface area contributed by atoms with E-state index in [9.17, 15) is 4.79 Å². The third kappa shape index (κ3) is 1.67. The molecule has 1 saturated heterocycles. The fraction of sp³-hybridized carbons (Fsp3) is 0.571. The molecule has 0 aliphatic carbocycles. The standard InChI is InChI=1S/C7H9N3O3/c11-7(6-5-8-13-9-6)10-1-3-12-4-2-10/h5H,1-4H2. The van der Waals surface area contributed by atoms with Gasteiger partial charge in [-0.05, 0) is 5.16 Å². The number of nitrogens with zero attached hydrogens (tertiary/aromatic N) is 3. The predicted octanol–water partition coefficient (Wildman–Crippen LogP) is -0.458. The van der Waals surface area contributed by atoms with Gasteiger partial charge in [0.1, 0.15) is 6.20 Å². The number of rotatable bonds is 1. The number of morpholine rings is 1. The van der Waals surface area contributed by atoms with Gasteiger partial charge in [0.05, 0.1) is 13.2 Å². The molecule has 1 aliphatic heterocycles. The van der Waals surface area contributed by atoms with Crippen molar-refractivity contribution in [2.45, 2.75) is 0 Å². The van der Waals surface area contributed by atoms with E-state index in [0.29, 0.717) is 26.3 Å². The molecule has 6 nitrogen and oxygen atoms in total. The molecular formula is C7H9N3O3. The van der Waals surface area contributed by atoms with Crippen molar-refractivity contribution in [1.29, 1.82) is 0 Å². The SMILES string of the molecule is O=C(c1cnon1)N1CCOCC1. The molecule has 1 fully saturated rings. The molecule has 0 spiro atoms. The highest BCUT2D eigenvalue weighted by molar-refractivity contribution is 5.91. The van der Waals surface area contributed by atoms with Crippen molar-refractivity contribution in [3.63, 3.8) is 0 Å². The maximum atomic E-state index is 11.6. The van der Waals surface area contributed by atoms with Crippen LogP contribution in [0.2, 0.25) is 0 Å². The summed E-state index contributed by atoms with van der Waals surface area (Å²) in [5.74, 6) is -0.149. The smallest absolute Gasteiger partial charge is 0.277 e. The van der Waals surface area contributed by atoms with Crippen molar-refractivity contribution in [1.82, 2.24) is 15.2 Å². The molecule has 0 atom stereocenters. The lowest BCUT2D eigenvalue weighted by Crippen LogP contribution is -2.40. The first kappa shape index (κ1) is 8.18. The van der Waals surface area contributed by atoms with Gasteiger partial charge < -0.3 is 9.64 Å². The zero-order chi connectivity index (χ0) is 9.10. The molecule has 70 valence electrons. The molecule has 2 heterocycles. The molecule has 13 heavy (non-hydrogen) atoms. The Morgan fingerprint density at radius 2 is 2.23 bits per heavy atom. The molecule has 1 aromatic rings. The Morgan fingerprint density at radius 1 is 1.46 bits per heavy atom. The van der Waals surface area contributed by atoms with Crippen LogP contribution in [0.15, 0.2) is 10.8 Å². The van der Waals surface area contributed by atoms with Crippen molar-refractivity contribution in [2.24, 2.45) is 0 Å². The van der Waals surface area contributed by atoms with Crippen LogP contribution in [-0.4, -0.2) is 47.4 Å². The molecule has 1 aromatic heterocycles. The van der Waals surface area contributed by atoms with Crippen molar-refractivity contribution in [3.8, 4) is 0 Å². The van der Waals surface area contributed by atoms with E-state index in [2.05, 4.69) is 14.9 Å². The van der Waals surface area contributed by atoms with Gasteiger partial charge in [0.25, 0.3) is 5.91 Å². The minimum absolute atomic E-state index is 0.149. The molecule has 1 amide bonds. The maximum absolute atomic E-state index is 11.6. The highest BCUT2D eigenvalue weighted by Crippen LogP contribution is 2.03. The van der Waals surface area contributed by atoms with Crippen LogP contribution in [0.25, 0.3) is 0 Å². The second-order valence-electron chi connectivity index (χ2n) is 2.70. The average molecular weight is 183 g/mol. The summed E-state index contributed by atoms with van der Waals surface area (Å²) in [6.45, 7) is 2.37. The lowest BCUT2D eigenvalue weighted by Gasteiger charge is -2.25. The number of carbonyl (C=O) groups is 1. The maximum Gasteiger partial charge on any atom is 0.277 e. The summed E-state index contributed by atoms with van der Waals surface area (Å²) in [5.41, 5.74) is 0.252. The van der Waals surface area contributed by atoms with E-state index < -0.39 is 0 Å². The molecule has 1 aliphatic rings. The zero-order valence-corrected chi connectivity index (χ0v) is 6.97. The first-order chi connectivity index (χ1) is 6.38. The van der Waals surface area contributed by atoms with Gasteiger partial charge in [-0.1, -0.05) is 5.16 Å². The average Bonchev–Trinajstić information content (AvgIpc) is 2.71. The van der Waals surface area contributed by atoms with E-state index in [1.165, 1.54) is 6.20 Å². The van der Waals surface area contributed by atoms with Gasteiger partial charge in [0, 0.05) is 13.1 Å². The van der Waals surface area contributed by atoms with E-state index in [1.54, 1.807) is 4.90 Å². The van der Waals surface area contributed by atoms with Gasteiger partial charge in [-0.15, -0.1) is 0 Å². The van der Waals surface area contributed by atoms with Crippen molar-refractivity contribution >= 4 is 5.91 Å². The fourth-order valence-corrected chi connectivity index (χ4v) is 1.19. The van der Waals surface area contributed by atoms with Crippen LogP contribution in [0.3, 0.4) is 0 Å². The molecule has 0 aromatic carbocycles. The Bertz CT molecular complexity index is 279. The molecule has 0 saturated carbocycles. The molecule has 0 radical (unpaired) electrons. The summed E-state index contributed by atoms with van der Waals surface area (Å²) < 4.78 is 9.46. The molecule has 0 unspecified atom stereocenters. The molecule has 6 heteroatoms. The number of aromatic nitrogens is 2. The van der Waals surface area contributed by atoms with E-state index in [1.807, 2.05) is 0 Å². The van der Waals surface area contributed by atoms with Crippen LogP contribution < -0.4 is 0 Å². The van der Waals surface area contributed by atoms with E-state index in [0.717, 1.165) is 0 Å².